The van der Waals surface area contributed by atoms with Crippen molar-refractivity contribution in [1.29, 1.82) is 0 Å². The zero-order valence-electron chi connectivity index (χ0n) is 26.6. The molecule has 10 nitrogen and oxygen atoms in total. The van der Waals surface area contributed by atoms with Crippen LogP contribution in [0.2, 0.25) is 0 Å². The molecule has 1 saturated heterocycles. The minimum atomic E-state index is -0.898. The second kappa shape index (κ2) is 16.3. The predicted octanol–water partition coefficient (Wildman–Crippen LogP) is 5.88. The summed E-state index contributed by atoms with van der Waals surface area (Å²) in [6.45, 7) is 3.75. The first-order valence-electron chi connectivity index (χ1n) is 15.9. The Morgan fingerprint density at radius 3 is 2.52 bits per heavy atom. The molecule has 0 aliphatic carbocycles. The molecule has 2 aliphatic rings. The molecule has 246 valence electrons. The van der Waals surface area contributed by atoms with Crippen molar-refractivity contribution >= 4 is 17.7 Å². The SMILES string of the molecule is COCCCN1CCOc2ccc(CO[C@H]3CN(C(=O)OCc4ccccc4)[C@H](CCC(=O)O)C[C@@H]3c3ccc(OC)cc3)cc21. The number of methoxy groups -OCH3 is 2. The second-order valence-corrected chi connectivity index (χ2v) is 11.7. The highest BCUT2D eigenvalue weighted by molar-refractivity contribution is 5.69. The number of piperidine rings is 1. The molecule has 2 heterocycles. The Morgan fingerprint density at radius 2 is 1.78 bits per heavy atom. The van der Waals surface area contributed by atoms with Gasteiger partial charge in [0.05, 0.1) is 38.6 Å². The number of fused-ring (bicyclic) bond motifs is 1. The van der Waals surface area contributed by atoms with Crippen molar-refractivity contribution in [3.05, 3.63) is 89.5 Å². The maximum Gasteiger partial charge on any atom is 0.410 e. The molecule has 0 bridgehead atoms. The average Bonchev–Trinajstić information content (AvgIpc) is 3.09. The smallest absolute Gasteiger partial charge is 0.410 e. The molecule has 0 spiro atoms. The van der Waals surface area contributed by atoms with Gasteiger partial charge in [-0.2, -0.15) is 0 Å². The van der Waals surface area contributed by atoms with Crippen LogP contribution in [0.4, 0.5) is 10.5 Å². The maximum atomic E-state index is 13.5. The molecule has 0 saturated carbocycles. The highest BCUT2D eigenvalue weighted by Crippen LogP contribution is 2.38. The van der Waals surface area contributed by atoms with E-state index in [2.05, 4.69) is 11.0 Å². The summed E-state index contributed by atoms with van der Waals surface area (Å²) in [6.07, 6.45) is 0.894. The number of anilines is 1. The highest BCUT2D eigenvalue weighted by atomic mass is 16.6. The summed E-state index contributed by atoms with van der Waals surface area (Å²) >= 11 is 0. The molecule has 10 heteroatoms. The Labute approximate surface area is 270 Å². The van der Waals surface area contributed by atoms with E-state index in [1.165, 1.54) is 0 Å². The summed E-state index contributed by atoms with van der Waals surface area (Å²) in [5.41, 5.74) is 3.97. The van der Waals surface area contributed by atoms with Crippen LogP contribution in [0.5, 0.6) is 11.5 Å². The van der Waals surface area contributed by atoms with E-state index in [0.29, 0.717) is 32.7 Å². The lowest BCUT2D eigenvalue weighted by Crippen LogP contribution is -2.52. The molecule has 2 aliphatic heterocycles. The third kappa shape index (κ3) is 8.70. The lowest BCUT2D eigenvalue weighted by atomic mass is 9.82. The van der Waals surface area contributed by atoms with Gasteiger partial charge in [0, 0.05) is 38.6 Å². The van der Waals surface area contributed by atoms with Gasteiger partial charge in [-0.15, -0.1) is 0 Å². The van der Waals surface area contributed by atoms with Crippen LogP contribution in [0.15, 0.2) is 72.8 Å². The molecular weight excluding hydrogens is 588 g/mol. The summed E-state index contributed by atoms with van der Waals surface area (Å²) in [4.78, 5) is 29.1. The number of carboxylic acid groups (broad SMARTS) is 1. The first kappa shape index (κ1) is 33.1. The van der Waals surface area contributed by atoms with Crippen LogP contribution in [0, 0.1) is 0 Å². The van der Waals surface area contributed by atoms with Gasteiger partial charge in [0.25, 0.3) is 0 Å². The van der Waals surface area contributed by atoms with Crippen LogP contribution >= 0.6 is 0 Å². The summed E-state index contributed by atoms with van der Waals surface area (Å²) in [5, 5.41) is 9.50. The molecule has 46 heavy (non-hydrogen) atoms. The van der Waals surface area contributed by atoms with Crippen molar-refractivity contribution in [3.8, 4) is 11.5 Å². The number of hydrogen-bond donors (Lipinski definition) is 1. The Balaban J connectivity index is 1.36. The fourth-order valence-electron chi connectivity index (χ4n) is 6.25. The molecule has 1 fully saturated rings. The zero-order valence-corrected chi connectivity index (χ0v) is 26.6. The number of rotatable bonds is 14. The van der Waals surface area contributed by atoms with Crippen molar-refractivity contribution < 1.29 is 38.4 Å². The number of ether oxygens (including phenoxy) is 5. The van der Waals surface area contributed by atoms with Crippen molar-refractivity contribution in [3.63, 3.8) is 0 Å². The normalized spacial score (nSPS) is 19.2. The van der Waals surface area contributed by atoms with Crippen LogP contribution < -0.4 is 14.4 Å². The van der Waals surface area contributed by atoms with Gasteiger partial charge in [-0.05, 0) is 60.2 Å². The van der Waals surface area contributed by atoms with Gasteiger partial charge in [0.2, 0.25) is 0 Å². The molecule has 1 amide bonds. The highest BCUT2D eigenvalue weighted by Gasteiger charge is 2.40. The van der Waals surface area contributed by atoms with Gasteiger partial charge < -0.3 is 38.6 Å². The maximum absolute atomic E-state index is 13.5. The fourth-order valence-corrected chi connectivity index (χ4v) is 6.25. The van der Waals surface area contributed by atoms with E-state index >= 15 is 0 Å². The van der Waals surface area contributed by atoms with Gasteiger partial charge >= 0.3 is 12.1 Å². The van der Waals surface area contributed by atoms with Gasteiger partial charge in [0.1, 0.15) is 24.7 Å². The van der Waals surface area contributed by atoms with Crippen molar-refractivity contribution in [2.75, 3.05) is 52.0 Å². The van der Waals surface area contributed by atoms with Crippen LogP contribution in [-0.4, -0.2) is 81.3 Å². The number of carboxylic acids is 1. The molecule has 0 aromatic heterocycles. The van der Waals surface area contributed by atoms with Gasteiger partial charge in [-0.1, -0.05) is 48.5 Å². The standard InChI is InChI=1S/C36H44N2O8/c1-42-19-6-17-37-18-20-44-33-15-9-27(21-32(33)37)25-45-34-23-38(36(41)46-24-26-7-4-3-5-8-26)29(12-16-35(39)40)22-31(34)28-10-13-30(43-2)14-11-28/h3-5,7-11,13-15,21,29,31,34H,6,12,16-20,22-25H2,1-2H3,(H,39,40)/t29-,31-,34+/m1/s1. The molecular formula is C36H44N2O8. The average molecular weight is 633 g/mol. The predicted molar refractivity (Wildman–Crippen MR) is 174 cm³/mol. The molecule has 3 aromatic rings. The van der Waals surface area contributed by atoms with Gasteiger partial charge in [-0.3, -0.25) is 4.79 Å². The minimum Gasteiger partial charge on any atom is -0.497 e. The summed E-state index contributed by atoms with van der Waals surface area (Å²) in [5.74, 6) is 0.630. The number of likely N-dealkylation sites (tertiary alicyclic amines) is 1. The van der Waals surface area contributed by atoms with E-state index in [-0.39, 0.29) is 37.6 Å². The molecule has 3 atom stereocenters. The van der Waals surface area contributed by atoms with Crippen LogP contribution in [0.25, 0.3) is 0 Å². The monoisotopic (exact) mass is 632 g/mol. The molecule has 5 rings (SSSR count). The first-order chi connectivity index (χ1) is 22.4. The van der Waals surface area contributed by atoms with Crippen molar-refractivity contribution in [1.82, 2.24) is 4.90 Å². The van der Waals surface area contributed by atoms with Crippen molar-refractivity contribution in [2.45, 2.75) is 57.0 Å². The lowest BCUT2D eigenvalue weighted by molar-refractivity contribution is -0.137. The number of hydrogen-bond acceptors (Lipinski definition) is 8. The second-order valence-electron chi connectivity index (χ2n) is 11.7. The van der Waals surface area contributed by atoms with E-state index in [1.54, 1.807) is 19.1 Å². The number of carbonyl (C=O) groups is 2. The number of benzene rings is 3. The third-order valence-corrected chi connectivity index (χ3v) is 8.69. The van der Waals surface area contributed by atoms with E-state index < -0.39 is 12.1 Å². The van der Waals surface area contributed by atoms with Crippen LogP contribution in [0.3, 0.4) is 0 Å². The molecule has 1 N–H and O–H groups in total. The number of amides is 1. The quantitative estimate of drug-likeness (QED) is 0.218. The molecule has 0 radical (unpaired) electrons. The first-order valence-corrected chi connectivity index (χ1v) is 15.9. The molecule has 0 unspecified atom stereocenters. The Bertz CT molecular complexity index is 1420. The third-order valence-electron chi connectivity index (χ3n) is 8.69. The van der Waals surface area contributed by atoms with Gasteiger partial charge in [0.15, 0.2) is 0 Å². The summed E-state index contributed by atoms with van der Waals surface area (Å²) < 4.78 is 29.0. The van der Waals surface area contributed by atoms with E-state index in [9.17, 15) is 14.7 Å². The largest absolute Gasteiger partial charge is 0.497 e. The van der Waals surface area contributed by atoms with Crippen molar-refractivity contribution in [2.24, 2.45) is 0 Å². The fraction of sp³-hybridized carbons (Fsp3) is 0.444. The zero-order chi connectivity index (χ0) is 32.3. The van der Waals surface area contributed by atoms with Crippen LogP contribution in [0.1, 0.15) is 48.3 Å². The Morgan fingerprint density at radius 1 is 0.978 bits per heavy atom. The Hall–Kier alpha value is -4.28. The topological polar surface area (TPSA) is 107 Å². The number of nitrogens with zero attached hydrogens (tertiary/aromatic N) is 2. The van der Waals surface area contributed by atoms with E-state index in [0.717, 1.165) is 53.4 Å². The number of aliphatic carboxylic acids is 1. The van der Waals surface area contributed by atoms with Gasteiger partial charge in [-0.25, -0.2) is 4.79 Å². The van der Waals surface area contributed by atoms with Crippen LogP contribution in [-0.2, 0) is 32.2 Å². The lowest BCUT2D eigenvalue weighted by Gasteiger charge is -2.43. The van der Waals surface area contributed by atoms with E-state index in [1.807, 2.05) is 66.7 Å². The summed E-state index contributed by atoms with van der Waals surface area (Å²) in [7, 11) is 3.34. The molecule has 3 aromatic carbocycles. The van der Waals surface area contributed by atoms with E-state index in [4.69, 9.17) is 23.7 Å². The minimum absolute atomic E-state index is 0.0495. The summed E-state index contributed by atoms with van der Waals surface area (Å²) in [6, 6.07) is 23.2. The number of carbonyl (C=O) groups excluding carboxylic acids is 1. The Kier molecular flexibility index (Phi) is 11.7.